The number of carbonyl (C=O) groups excluding carboxylic acids is 1. The number of hydrogen-bond acceptors (Lipinski definition) is 2. The van der Waals surface area contributed by atoms with Gasteiger partial charge in [0, 0.05) is 20.8 Å². The van der Waals surface area contributed by atoms with Gasteiger partial charge in [0.05, 0.1) is 5.92 Å². The Bertz CT molecular complexity index is 337. The first kappa shape index (κ1) is 13.7. The van der Waals surface area contributed by atoms with E-state index >= 15 is 0 Å². The summed E-state index contributed by atoms with van der Waals surface area (Å²) in [4.78, 5) is 11.9. The van der Waals surface area contributed by atoms with Crippen LogP contribution in [0.25, 0.3) is 0 Å². The molecule has 1 N–H and O–H groups in total. The van der Waals surface area contributed by atoms with Crippen LogP contribution in [0.4, 0.5) is 0 Å². The standard InChI is InChI=1S/C14H21NO2/c1-11(10-17-3)9-13(14(16)15-2)12-7-5-4-6-8-12/h4-8,11,13H,9-10H2,1-3H3,(H,15,16). The van der Waals surface area contributed by atoms with Crippen molar-refractivity contribution >= 4 is 5.91 Å². The number of amides is 1. The van der Waals surface area contributed by atoms with Crippen molar-refractivity contribution in [3.8, 4) is 0 Å². The van der Waals surface area contributed by atoms with Crippen molar-refractivity contribution in [1.29, 1.82) is 0 Å². The third-order valence-electron chi connectivity index (χ3n) is 2.85. The Morgan fingerprint density at radius 3 is 2.53 bits per heavy atom. The van der Waals surface area contributed by atoms with Gasteiger partial charge in [-0.15, -0.1) is 0 Å². The molecule has 3 heteroatoms. The zero-order valence-electron chi connectivity index (χ0n) is 10.8. The highest BCUT2D eigenvalue weighted by atomic mass is 16.5. The van der Waals surface area contributed by atoms with Crippen LogP contribution in [-0.4, -0.2) is 26.7 Å². The predicted molar refractivity (Wildman–Crippen MR) is 68.9 cm³/mol. The number of carbonyl (C=O) groups is 1. The minimum absolute atomic E-state index is 0.0687. The molecule has 17 heavy (non-hydrogen) atoms. The Kier molecular flexibility index (Phi) is 5.70. The van der Waals surface area contributed by atoms with Crippen LogP contribution in [-0.2, 0) is 9.53 Å². The molecule has 0 fully saturated rings. The first-order valence-corrected chi connectivity index (χ1v) is 5.94. The quantitative estimate of drug-likeness (QED) is 0.820. The second-order valence-corrected chi connectivity index (χ2v) is 4.37. The van der Waals surface area contributed by atoms with Gasteiger partial charge in [-0.3, -0.25) is 4.79 Å². The molecule has 0 heterocycles. The van der Waals surface area contributed by atoms with Gasteiger partial charge < -0.3 is 10.1 Å². The second-order valence-electron chi connectivity index (χ2n) is 4.37. The molecule has 0 aliphatic rings. The summed E-state index contributed by atoms with van der Waals surface area (Å²) in [6, 6.07) is 9.89. The minimum Gasteiger partial charge on any atom is -0.384 e. The Morgan fingerprint density at radius 1 is 1.35 bits per heavy atom. The van der Waals surface area contributed by atoms with E-state index in [2.05, 4.69) is 12.2 Å². The van der Waals surface area contributed by atoms with Gasteiger partial charge in [0.15, 0.2) is 0 Å². The van der Waals surface area contributed by atoms with E-state index in [4.69, 9.17) is 4.74 Å². The summed E-state index contributed by atoms with van der Waals surface area (Å²) in [5, 5.41) is 2.73. The van der Waals surface area contributed by atoms with E-state index in [0.717, 1.165) is 12.0 Å². The lowest BCUT2D eigenvalue weighted by Gasteiger charge is -2.19. The van der Waals surface area contributed by atoms with Crippen LogP contribution < -0.4 is 5.32 Å². The molecular weight excluding hydrogens is 214 g/mol. The molecule has 0 saturated heterocycles. The lowest BCUT2D eigenvalue weighted by molar-refractivity contribution is -0.122. The maximum Gasteiger partial charge on any atom is 0.227 e. The second kappa shape index (κ2) is 7.07. The summed E-state index contributed by atoms with van der Waals surface area (Å²) < 4.78 is 5.12. The molecule has 2 atom stereocenters. The van der Waals surface area contributed by atoms with Crippen LogP contribution in [0, 0.1) is 5.92 Å². The molecule has 94 valence electrons. The molecule has 1 rings (SSSR count). The Hall–Kier alpha value is -1.35. The summed E-state index contributed by atoms with van der Waals surface area (Å²) >= 11 is 0. The lowest BCUT2D eigenvalue weighted by atomic mass is 9.89. The van der Waals surface area contributed by atoms with Crippen LogP contribution in [0.15, 0.2) is 30.3 Å². The van der Waals surface area contributed by atoms with E-state index < -0.39 is 0 Å². The number of rotatable bonds is 6. The fourth-order valence-electron chi connectivity index (χ4n) is 2.01. The van der Waals surface area contributed by atoms with Crippen LogP contribution in [0.1, 0.15) is 24.8 Å². The molecule has 0 aliphatic heterocycles. The van der Waals surface area contributed by atoms with E-state index in [1.54, 1.807) is 14.2 Å². The molecule has 0 aromatic heterocycles. The zero-order valence-corrected chi connectivity index (χ0v) is 10.8. The van der Waals surface area contributed by atoms with Gasteiger partial charge in [-0.1, -0.05) is 37.3 Å². The van der Waals surface area contributed by atoms with Gasteiger partial charge in [0.1, 0.15) is 0 Å². The van der Waals surface area contributed by atoms with Gasteiger partial charge >= 0.3 is 0 Å². The fraction of sp³-hybridized carbons (Fsp3) is 0.500. The van der Waals surface area contributed by atoms with Gasteiger partial charge in [-0.25, -0.2) is 0 Å². The molecule has 1 aromatic rings. The van der Waals surface area contributed by atoms with E-state index in [9.17, 15) is 4.79 Å². The van der Waals surface area contributed by atoms with E-state index in [-0.39, 0.29) is 11.8 Å². The fourth-order valence-corrected chi connectivity index (χ4v) is 2.01. The van der Waals surface area contributed by atoms with Crippen molar-refractivity contribution in [2.75, 3.05) is 20.8 Å². The molecule has 1 aromatic carbocycles. The number of nitrogens with one attached hydrogen (secondary N) is 1. The molecule has 0 aliphatic carbocycles. The smallest absolute Gasteiger partial charge is 0.227 e. The number of benzene rings is 1. The monoisotopic (exact) mass is 235 g/mol. The first-order chi connectivity index (χ1) is 8.19. The predicted octanol–water partition coefficient (Wildman–Crippen LogP) is 2.19. The summed E-state index contributed by atoms with van der Waals surface area (Å²) in [5.74, 6) is 0.341. The SMILES string of the molecule is CNC(=O)C(CC(C)COC)c1ccccc1. The third kappa shape index (κ3) is 4.19. The number of methoxy groups -OCH3 is 1. The summed E-state index contributed by atoms with van der Waals surface area (Å²) in [6.45, 7) is 2.78. The Labute approximate surface area is 103 Å². The largest absolute Gasteiger partial charge is 0.384 e. The van der Waals surface area contributed by atoms with Crippen LogP contribution >= 0.6 is 0 Å². The van der Waals surface area contributed by atoms with Gasteiger partial charge in [0.25, 0.3) is 0 Å². The van der Waals surface area contributed by atoms with Crippen molar-refractivity contribution in [3.05, 3.63) is 35.9 Å². The highest BCUT2D eigenvalue weighted by Crippen LogP contribution is 2.24. The third-order valence-corrected chi connectivity index (χ3v) is 2.85. The summed E-state index contributed by atoms with van der Waals surface area (Å²) in [7, 11) is 3.37. The molecule has 1 amide bonds. The van der Waals surface area contributed by atoms with Crippen LogP contribution in [0.3, 0.4) is 0 Å². The summed E-state index contributed by atoms with van der Waals surface area (Å²) in [5.41, 5.74) is 1.06. The van der Waals surface area contributed by atoms with Crippen molar-refractivity contribution in [2.45, 2.75) is 19.3 Å². The lowest BCUT2D eigenvalue weighted by Crippen LogP contribution is -2.27. The Morgan fingerprint density at radius 2 is 2.00 bits per heavy atom. The Balaban J connectivity index is 2.78. The zero-order chi connectivity index (χ0) is 12.7. The van der Waals surface area contributed by atoms with Crippen molar-refractivity contribution in [1.82, 2.24) is 5.32 Å². The highest BCUT2D eigenvalue weighted by molar-refractivity contribution is 5.83. The molecule has 2 unspecified atom stereocenters. The molecular formula is C14H21NO2. The molecule has 0 bridgehead atoms. The van der Waals surface area contributed by atoms with Crippen molar-refractivity contribution < 1.29 is 9.53 Å². The van der Waals surface area contributed by atoms with Crippen molar-refractivity contribution in [2.24, 2.45) is 5.92 Å². The maximum absolute atomic E-state index is 11.9. The number of hydrogen-bond donors (Lipinski definition) is 1. The van der Waals surface area contributed by atoms with Gasteiger partial charge in [-0.2, -0.15) is 0 Å². The molecule has 0 radical (unpaired) electrons. The van der Waals surface area contributed by atoms with Gasteiger partial charge in [-0.05, 0) is 17.9 Å². The molecule has 3 nitrogen and oxygen atoms in total. The summed E-state index contributed by atoms with van der Waals surface area (Å²) in [6.07, 6.45) is 0.803. The minimum atomic E-state index is -0.0913. The number of likely N-dealkylation sites (N-methyl/N-ethyl adjacent to an activating group) is 1. The van der Waals surface area contributed by atoms with Crippen LogP contribution in [0.5, 0.6) is 0 Å². The normalized spacial score (nSPS) is 14.1. The van der Waals surface area contributed by atoms with E-state index in [1.807, 2.05) is 30.3 Å². The topological polar surface area (TPSA) is 38.3 Å². The van der Waals surface area contributed by atoms with Crippen molar-refractivity contribution in [3.63, 3.8) is 0 Å². The van der Waals surface area contributed by atoms with E-state index in [1.165, 1.54) is 0 Å². The average molecular weight is 235 g/mol. The average Bonchev–Trinajstić information content (AvgIpc) is 2.36. The highest BCUT2D eigenvalue weighted by Gasteiger charge is 2.21. The molecule has 0 saturated carbocycles. The maximum atomic E-state index is 11.9. The first-order valence-electron chi connectivity index (χ1n) is 5.94. The van der Waals surface area contributed by atoms with E-state index in [0.29, 0.717) is 12.5 Å². The number of ether oxygens (including phenoxy) is 1. The van der Waals surface area contributed by atoms with Gasteiger partial charge in [0.2, 0.25) is 5.91 Å². The van der Waals surface area contributed by atoms with Crippen LogP contribution in [0.2, 0.25) is 0 Å². The molecule has 0 spiro atoms.